The average Bonchev–Trinajstić information content (AvgIpc) is 0.729. The van der Waals surface area contributed by atoms with Gasteiger partial charge in [0.2, 0.25) is 0 Å². The van der Waals surface area contributed by atoms with E-state index in [1.165, 1.54) is 34.3 Å². The number of anilines is 4. The molecule has 434 valence electrons. The van der Waals surface area contributed by atoms with Crippen LogP contribution in [0, 0.1) is 10.8 Å². The standard InChI is InChI=1S/C84H70BN5/c1-55(57-27-15-9-16-28-57)81(70(53-86)61-35-23-13-24-36-61)89-76-43-39-63(59-31-19-11-20-32-59)47-72(76)85-73-48-64(60-33-21-12-22-34-60)40-44-77(73)90(82(56(2)58-29-17-10-18-30-58)71(54-87)62-37-25-14-26-38-62)79-52-67(51-78(89)80(79)85)88-74-45-41-65(83(3,4)5)49-68(74)69-50-66(84(6,7)8)42-46-75(69)88/h9-54,86-87H,1-2H2,3-8H3/b81-70-,82-71-,86-53?,87-54?. The van der Waals surface area contributed by atoms with Crippen LogP contribution in [-0.2, 0) is 10.8 Å². The topological polar surface area (TPSA) is 59.1 Å². The van der Waals surface area contributed by atoms with Crippen molar-refractivity contribution >= 4 is 102 Å². The number of rotatable bonds is 13. The Bertz CT molecular complexity index is 4590. The Morgan fingerprint density at radius 1 is 0.367 bits per heavy atom. The van der Waals surface area contributed by atoms with E-state index in [-0.39, 0.29) is 17.5 Å². The maximum Gasteiger partial charge on any atom is 0.252 e. The molecule has 2 aliphatic heterocycles. The molecule has 1 aromatic heterocycles. The summed E-state index contributed by atoms with van der Waals surface area (Å²) in [7, 11) is 0. The van der Waals surface area contributed by atoms with Crippen LogP contribution in [0.3, 0.4) is 0 Å². The Morgan fingerprint density at radius 3 is 1.06 bits per heavy atom. The van der Waals surface area contributed by atoms with Crippen molar-refractivity contribution in [3.8, 4) is 27.9 Å². The van der Waals surface area contributed by atoms with Crippen LogP contribution in [0.5, 0.6) is 0 Å². The van der Waals surface area contributed by atoms with Crippen LogP contribution in [0.25, 0.3) is 72.0 Å². The summed E-state index contributed by atoms with van der Waals surface area (Å²) in [4.78, 5) is 4.87. The van der Waals surface area contributed by atoms with E-state index < -0.39 is 0 Å². The van der Waals surface area contributed by atoms with Gasteiger partial charge in [0, 0.05) is 57.1 Å². The SMILES string of the molecule is C=C(/C(=C(\C=N)c1ccccc1)N1c2ccc(-c3ccccc3)cc2B2c3cc(-c4ccccc4)ccc3N(/C(C(=C)c3ccccc3)=C(/C=N)c3ccccc3)c3cc(-n4c5ccc(C(C)(C)C)cc5c5cc(C(C)(C)C)ccc54)cc1c32)c1ccccc1. The van der Waals surface area contributed by atoms with Crippen LogP contribution in [0.4, 0.5) is 22.7 Å². The maximum atomic E-state index is 9.67. The van der Waals surface area contributed by atoms with Crippen LogP contribution in [0.2, 0.25) is 0 Å². The summed E-state index contributed by atoms with van der Waals surface area (Å²) in [5.74, 6) is 0. The van der Waals surface area contributed by atoms with E-state index in [9.17, 15) is 10.8 Å². The van der Waals surface area contributed by atoms with E-state index in [4.69, 9.17) is 13.2 Å². The highest BCUT2D eigenvalue weighted by molar-refractivity contribution is 7.00. The molecule has 3 heterocycles. The number of hydrogen-bond acceptors (Lipinski definition) is 4. The zero-order chi connectivity index (χ0) is 62.0. The van der Waals surface area contributed by atoms with Gasteiger partial charge in [-0.05, 0) is 143 Å². The van der Waals surface area contributed by atoms with E-state index in [0.29, 0.717) is 11.1 Å². The first-order valence-electron chi connectivity index (χ1n) is 31.1. The van der Waals surface area contributed by atoms with Gasteiger partial charge in [-0.15, -0.1) is 0 Å². The zero-order valence-electron chi connectivity index (χ0n) is 51.9. The first kappa shape index (κ1) is 57.0. The van der Waals surface area contributed by atoms with E-state index in [1.807, 2.05) is 24.3 Å². The molecule has 2 aliphatic rings. The van der Waals surface area contributed by atoms with E-state index in [2.05, 4.69) is 299 Å². The lowest BCUT2D eigenvalue weighted by Crippen LogP contribution is -2.62. The van der Waals surface area contributed by atoms with Gasteiger partial charge in [-0.1, -0.05) is 273 Å². The molecule has 0 fully saturated rings. The molecule has 2 N–H and O–H groups in total. The molecule has 0 amide bonds. The van der Waals surface area contributed by atoms with Crippen LogP contribution in [0.1, 0.15) is 74.9 Å². The highest BCUT2D eigenvalue weighted by atomic mass is 15.2. The summed E-state index contributed by atoms with van der Waals surface area (Å²) in [5, 5.41) is 21.7. The summed E-state index contributed by atoms with van der Waals surface area (Å²) in [6.07, 6.45) is 3.03. The second-order valence-corrected chi connectivity index (χ2v) is 25.8. The summed E-state index contributed by atoms with van der Waals surface area (Å²) >= 11 is 0. The van der Waals surface area contributed by atoms with Gasteiger partial charge in [0.05, 0.1) is 28.1 Å². The first-order chi connectivity index (χ1) is 43.7. The quantitative estimate of drug-likeness (QED) is 0.0687. The normalized spacial score (nSPS) is 13.2. The molecular formula is C84H70BN5. The summed E-state index contributed by atoms with van der Waals surface area (Å²) in [6.45, 7) is 23.6. The minimum absolute atomic E-state index is 0.109. The van der Waals surface area contributed by atoms with Crippen LogP contribution in [0.15, 0.2) is 291 Å². The summed E-state index contributed by atoms with van der Waals surface area (Å²) < 4.78 is 2.47. The Balaban J connectivity index is 1.21. The van der Waals surface area contributed by atoms with Gasteiger partial charge in [-0.3, -0.25) is 0 Å². The van der Waals surface area contributed by atoms with Crippen molar-refractivity contribution in [2.75, 3.05) is 9.80 Å². The minimum Gasteiger partial charge on any atom is -0.310 e. The average molecular weight is 1160 g/mol. The van der Waals surface area contributed by atoms with Gasteiger partial charge < -0.3 is 25.2 Å². The monoisotopic (exact) mass is 1160 g/mol. The van der Waals surface area contributed by atoms with E-state index >= 15 is 0 Å². The lowest BCUT2D eigenvalue weighted by molar-refractivity contribution is 0.590. The predicted molar refractivity (Wildman–Crippen MR) is 386 cm³/mol. The number of fused-ring (bicyclic) bond motifs is 7. The Labute approximate surface area is 529 Å². The minimum atomic E-state index is -0.353. The summed E-state index contributed by atoms with van der Waals surface area (Å²) in [5.41, 5.74) is 25.1. The van der Waals surface area contributed by atoms with E-state index in [1.54, 1.807) is 0 Å². The molecule has 14 rings (SSSR count). The molecule has 5 nitrogen and oxygen atoms in total. The van der Waals surface area contributed by atoms with Gasteiger partial charge in [-0.25, -0.2) is 0 Å². The molecule has 90 heavy (non-hydrogen) atoms. The number of nitrogens with zero attached hydrogens (tertiary/aromatic N) is 3. The van der Waals surface area contributed by atoms with E-state index in [0.717, 1.165) is 123 Å². The third kappa shape index (κ3) is 9.86. The third-order valence-electron chi connectivity index (χ3n) is 18.3. The highest BCUT2D eigenvalue weighted by Gasteiger charge is 2.46. The van der Waals surface area contributed by atoms with Crippen molar-refractivity contribution in [1.29, 1.82) is 10.8 Å². The van der Waals surface area contributed by atoms with Crippen LogP contribution in [-0.4, -0.2) is 23.7 Å². The van der Waals surface area contributed by atoms with Gasteiger partial charge >= 0.3 is 0 Å². The number of benzene rings is 11. The fourth-order valence-corrected chi connectivity index (χ4v) is 13.7. The summed E-state index contributed by atoms with van der Waals surface area (Å²) in [6, 6.07) is 95.8. The van der Waals surface area contributed by atoms with Gasteiger partial charge in [0.1, 0.15) is 0 Å². The van der Waals surface area contributed by atoms with Crippen molar-refractivity contribution in [3.05, 3.63) is 325 Å². The zero-order valence-corrected chi connectivity index (χ0v) is 51.9. The van der Waals surface area contributed by atoms with Crippen molar-refractivity contribution in [1.82, 2.24) is 4.57 Å². The number of hydrogen-bond donors (Lipinski definition) is 2. The Hall–Kier alpha value is -10.8. The third-order valence-corrected chi connectivity index (χ3v) is 18.3. The smallest absolute Gasteiger partial charge is 0.252 e. The maximum absolute atomic E-state index is 9.67. The fraction of sp³-hybridized carbons (Fsp3) is 0.0952. The molecule has 0 radical (unpaired) electrons. The van der Waals surface area contributed by atoms with Crippen molar-refractivity contribution in [2.24, 2.45) is 0 Å². The molecule has 12 aromatic rings. The number of aromatic nitrogens is 1. The van der Waals surface area contributed by atoms with Crippen molar-refractivity contribution in [3.63, 3.8) is 0 Å². The second kappa shape index (κ2) is 22.7. The lowest BCUT2D eigenvalue weighted by Gasteiger charge is -2.46. The first-order valence-corrected chi connectivity index (χ1v) is 31.1. The highest BCUT2D eigenvalue weighted by Crippen LogP contribution is 2.50. The van der Waals surface area contributed by atoms with Crippen molar-refractivity contribution in [2.45, 2.75) is 52.4 Å². The largest absolute Gasteiger partial charge is 0.310 e. The van der Waals surface area contributed by atoms with Crippen LogP contribution >= 0.6 is 0 Å². The van der Waals surface area contributed by atoms with Gasteiger partial charge in [0.15, 0.2) is 0 Å². The molecule has 0 saturated carbocycles. The molecular weight excluding hydrogens is 1090 g/mol. The fourth-order valence-electron chi connectivity index (χ4n) is 13.7. The molecule has 0 bridgehead atoms. The number of allylic oxidation sites excluding steroid dienone is 4. The number of nitrogens with one attached hydrogen (secondary N) is 2. The molecule has 0 aliphatic carbocycles. The van der Waals surface area contributed by atoms with Gasteiger partial charge in [0.25, 0.3) is 6.71 Å². The Kier molecular flexibility index (Phi) is 14.4. The molecule has 11 aromatic carbocycles. The molecule has 6 heteroatoms. The lowest BCUT2D eigenvalue weighted by atomic mass is 9.33. The molecule has 0 saturated heterocycles. The Morgan fingerprint density at radius 2 is 0.711 bits per heavy atom. The second-order valence-electron chi connectivity index (χ2n) is 25.8. The predicted octanol–water partition coefficient (Wildman–Crippen LogP) is 19.7. The van der Waals surface area contributed by atoms with Crippen molar-refractivity contribution < 1.29 is 0 Å². The molecule has 0 spiro atoms. The van der Waals surface area contributed by atoms with Crippen LogP contribution < -0.4 is 26.2 Å². The molecule has 0 atom stereocenters. The van der Waals surface area contributed by atoms with Gasteiger partial charge in [-0.2, -0.15) is 0 Å². The molecule has 0 unspecified atom stereocenters.